The van der Waals surface area contributed by atoms with Crippen molar-refractivity contribution in [2.75, 3.05) is 18.0 Å². The number of carbonyl (C=O) groups is 1. The Labute approximate surface area is 150 Å². The van der Waals surface area contributed by atoms with Crippen LogP contribution in [-0.4, -0.2) is 18.9 Å². The third-order valence-electron chi connectivity index (χ3n) is 5.49. The molecule has 2 aliphatic rings. The standard InChI is InChI=1S/C20H22FNO2S/c1-20(2)6-3-13-18(11-20)25-17-10-16(15(21)9-14(17)19(13)24)22-7-4-12(23)5-8-22/h9-10H,3-8,11H2,1-2H3. The minimum atomic E-state index is -0.359. The van der Waals surface area contributed by atoms with Gasteiger partial charge >= 0.3 is 0 Å². The fraction of sp³-hybridized carbons (Fsp3) is 0.500. The van der Waals surface area contributed by atoms with E-state index < -0.39 is 0 Å². The molecule has 3 nitrogen and oxygen atoms in total. The van der Waals surface area contributed by atoms with Gasteiger partial charge in [0.25, 0.3) is 0 Å². The summed E-state index contributed by atoms with van der Waals surface area (Å²) in [4.78, 5) is 27.4. The van der Waals surface area contributed by atoms with Gasteiger partial charge < -0.3 is 4.90 Å². The number of nitrogens with zero attached hydrogens (tertiary/aromatic N) is 1. The van der Waals surface area contributed by atoms with Crippen LogP contribution in [0.15, 0.2) is 16.9 Å². The molecule has 0 amide bonds. The topological polar surface area (TPSA) is 37.4 Å². The second-order valence-corrected chi connectivity index (χ2v) is 9.14. The van der Waals surface area contributed by atoms with Crippen LogP contribution in [0.5, 0.6) is 0 Å². The van der Waals surface area contributed by atoms with Crippen molar-refractivity contribution in [3.8, 4) is 0 Å². The predicted molar refractivity (Wildman–Crippen MR) is 100 cm³/mol. The molecule has 2 heterocycles. The van der Waals surface area contributed by atoms with Crippen LogP contribution in [0, 0.1) is 11.2 Å². The predicted octanol–water partition coefficient (Wildman–Crippen LogP) is 4.08. The summed E-state index contributed by atoms with van der Waals surface area (Å²) in [5, 5.41) is 0.498. The molecule has 1 saturated heterocycles. The van der Waals surface area contributed by atoms with Crippen molar-refractivity contribution >= 4 is 32.9 Å². The molecule has 0 spiro atoms. The van der Waals surface area contributed by atoms with Crippen LogP contribution < -0.4 is 10.3 Å². The Morgan fingerprint density at radius 1 is 1.12 bits per heavy atom. The van der Waals surface area contributed by atoms with Crippen LogP contribution in [0.2, 0.25) is 0 Å². The van der Waals surface area contributed by atoms with E-state index in [1.54, 1.807) is 11.3 Å². The van der Waals surface area contributed by atoms with E-state index in [1.165, 1.54) is 6.07 Å². The monoisotopic (exact) mass is 359 g/mol. The van der Waals surface area contributed by atoms with Crippen molar-refractivity contribution in [1.29, 1.82) is 0 Å². The number of halogens is 1. The summed E-state index contributed by atoms with van der Waals surface area (Å²) in [6, 6.07) is 3.22. The number of hydrogen-bond donors (Lipinski definition) is 0. The van der Waals surface area contributed by atoms with Crippen LogP contribution in [0.25, 0.3) is 10.1 Å². The summed E-state index contributed by atoms with van der Waals surface area (Å²) < 4.78 is 15.5. The summed E-state index contributed by atoms with van der Waals surface area (Å²) in [5.74, 6) is -0.124. The number of piperidine rings is 1. The van der Waals surface area contributed by atoms with Crippen molar-refractivity contribution in [3.05, 3.63) is 38.6 Å². The van der Waals surface area contributed by atoms with Crippen LogP contribution in [0.4, 0.5) is 10.1 Å². The second kappa shape index (κ2) is 5.90. The van der Waals surface area contributed by atoms with Gasteiger partial charge in [0.05, 0.1) is 5.69 Å². The number of hydrogen-bond acceptors (Lipinski definition) is 4. The third kappa shape index (κ3) is 2.99. The maximum absolute atomic E-state index is 14.7. The quantitative estimate of drug-likeness (QED) is 0.770. The van der Waals surface area contributed by atoms with E-state index in [1.807, 2.05) is 11.0 Å². The molecule has 25 heavy (non-hydrogen) atoms. The molecule has 0 radical (unpaired) electrons. The Balaban J connectivity index is 1.82. The van der Waals surface area contributed by atoms with Crippen LogP contribution in [0.1, 0.15) is 43.6 Å². The fourth-order valence-electron chi connectivity index (χ4n) is 3.91. The highest BCUT2D eigenvalue weighted by Gasteiger charge is 2.29. The molecule has 2 aromatic rings. The third-order valence-corrected chi connectivity index (χ3v) is 6.68. The highest BCUT2D eigenvalue weighted by Crippen LogP contribution is 2.38. The lowest BCUT2D eigenvalue weighted by Gasteiger charge is -2.31. The number of fused-ring (bicyclic) bond motifs is 2. The normalized spacial score (nSPS) is 20.0. The van der Waals surface area contributed by atoms with Gasteiger partial charge in [-0.05, 0) is 36.8 Å². The molecular weight excluding hydrogens is 337 g/mol. The zero-order valence-electron chi connectivity index (χ0n) is 14.7. The van der Waals surface area contributed by atoms with E-state index in [2.05, 4.69) is 13.8 Å². The highest BCUT2D eigenvalue weighted by molar-refractivity contribution is 7.18. The van der Waals surface area contributed by atoms with Gasteiger partial charge in [-0.3, -0.25) is 9.59 Å². The summed E-state index contributed by atoms with van der Waals surface area (Å²) in [7, 11) is 0. The molecule has 0 saturated carbocycles. The van der Waals surface area contributed by atoms with Gasteiger partial charge in [-0.15, -0.1) is 11.3 Å². The Morgan fingerprint density at radius 2 is 1.84 bits per heavy atom. The Bertz CT molecular complexity index is 921. The smallest absolute Gasteiger partial charge is 0.191 e. The van der Waals surface area contributed by atoms with Gasteiger partial charge in [-0.25, -0.2) is 4.39 Å². The molecule has 4 rings (SSSR count). The molecule has 1 fully saturated rings. The average molecular weight is 359 g/mol. The molecule has 1 aliphatic carbocycles. The Hall–Kier alpha value is -1.75. The first kappa shape index (κ1) is 16.7. The minimum absolute atomic E-state index is 0.00137. The van der Waals surface area contributed by atoms with Gasteiger partial charge in [0.1, 0.15) is 11.6 Å². The zero-order chi connectivity index (χ0) is 17.8. The second-order valence-electron chi connectivity index (χ2n) is 8.00. The lowest BCUT2D eigenvalue weighted by molar-refractivity contribution is -0.119. The number of carbonyl (C=O) groups excluding carboxylic acids is 1. The first-order chi connectivity index (χ1) is 11.8. The van der Waals surface area contributed by atoms with Crippen molar-refractivity contribution in [1.82, 2.24) is 0 Å². The molecule has 1 aromatic carbocycles. The van der Waals surface area contributed by atoms with Gasteiger partial charge in [0.15, 0.2) is 5.43 Å². The van der Waals surface area contributed by atoms with Gasteiger partial charge in [-0.1, -0.05) is 13.8 Å². The van der Waals surface area contributed by atoms with Gasteiger partial charge in [-0.2, -0.15) is 0 Å². The molecule has 0 bridgehead atoms. The molecular formula is C20H22FNO2S. The first-order valence-electron chi connectivity index (χ1n) is 8.89. The van der Waals surface area contributed by atoms with Crippen LogP contribution in [-0.2, 0) is 17.6 Å². The SMILES string of the molecule is CC1(C)CCc2c(sc3cc(N4CCC(=O)CC4)c(F)cc3c2=O)C1. The number of benzene rings is 1. The largest absolute Gasteiger partial charge is 0.368 e. The lowest BCUT2D eigenvalue weighted by atomic mass is 9.77. The molecule has 1 aromatic heterocycles. The Kier molecular flexibility index (Phi) is 3.95. The summed E-state index contributed by atoms with van der Waals surface area (Å²) in [5.41, 5.74) is 1.61. The maximum atomic E-state index is 14.7. The minimum Gasteiger partial charge on any atom is -0.368 e. The summed E-state index contributed by atoms with van der Waals surface area (Å²) in [6.45, 7) is 5.57. The molecule has 132 valence electrons. The van der Waals surface area contributed by atoms with E-state index >= 15 is 0 Å². The lowest BCUT2D eigenvalue weighted by Crippen LogP contribution is -2.34. The van der Waals surface area contributed by atoms with E-state index in [-0.39, 0.29) is 22.4 Å². The first-order valence-corrected chi connectivity index (χ1v) is 9.70. The average Bonchev–Trinajstić information content (AvgIpc) is 2.55. The van der Waals surface area contributed by atoms with Crippen molar-refractivity contribution in [2.24, 2.45) is 5.41 Å². The summed E-state index contributed by atoms with van der Waals surface area (Å²) >= 11 is 1.63. The molecule has 5 heteroatoms. The molecule has 0 atom stereocenters. The molecule has 0 unspecified atom stereocenters. The number of anilines is 1. The van der Waals surface area contributed by atoms with E-state index in [0.29, 0.717) is 37.0 Å². The maximum Gasteiger partial charge on any atom is 0.191 e. The van der Waals surface area contributed by atoms with Gasteiger partial charge in [0.2, 0.25) is 0 Å². The number of Topliss-reactive ketones (excluding diaryl/α,β-unsaturated/α-hetero) is 1. The Morgan fingerprint density at radius 3 is 2.56 bits per heavy atom. The molecule has 0 N–H and O–H groups in total. The highest BCUT2D eigenvalue weighted by atomic mass is 32.1. The van der Waals surface area contributed by atoms with Crippen LogP contribution >= 0.6 is 11.3 Å². The number of ketones is 1. The number of rotatable bonds is 1. The fourth-order valence-corrected chi connectivity index (χ4v) is 5.39. The zero-order valence-corrected chi connectivity index (χ0v) is 15.5. The van der Waals surface area contributed by atoms with Crippen molar-refractivity contribution < 1.29 is 9.18 Å². The van der Waals surface area contributed by atoms with Crippen molar-refractivity contribution in [2.45, 2.75) is 46.0 Å². The van der Waals surface area contributed by atoms with E-state index in [4.69, 9.17) is 0 Å². The van der Waals surface area contributed by atoms with Crippen molar-refractivity contribution in [3.63, 3.8) is 0 Å². The molecule has 1 aliphatic heterocycles. The van der Waals surface area contributed by atoms with E-state index in [0.717, 1.165) is 34.4 Å². The van der Waals surface area contributed by atoms with Crippen LogP contribution in [0.3, 0.4) is 0 Å². The summed E-state index contributed by atoms with van der Waals surface area (Å²) in [6.07, 6.45) is 3.61. The van der Waals surface area contributed by atoms with E-state index in [9.17, 15) is 14.0 Å². The van der Waals surface area contributed by atoms with Gasteiger partial charge in [0, 0.05) is 46.5 Å².